The third-order valence-corrected chi connectivity index (χ3v) is 3.97. The van der Waals surface area contributed by atoms with Crippen molar-refractivity contribution in [3.63, 3.8) is 0 Å². The standard InChI is InChI=1S/C11H23N3O2/c12-9(14-13)10-5-2-1-3-7-11(15,16-10)8-4-6-10/h9,14-15H,1-8,12-13H2. The molecular formula is C11H23N3O2. The SMILES string of the molecule is NNC(N)C12CCCCCC(O)(CCC1)O2. The summed E-state index contributed by atoms with van der Waals surface area (Å²) in [7, 11) is 0. The first-order chi connectivity index (χ1) is 7.60. The minimum Gasteiger partial charge on any atom is -0.365 e. The second-order valence-corrected chi connectivity index (χ2v) is 5.17. The molecule has 5 heteroatoms. The zero-order valence-corrected chi connectivity index (χ0v) is 9.74. The van der Waals surface area contributed by atoms with Crippen LogP contribution in [0.3, 0.4) is 0 Å². The lowest BCUT2D eigenvalue weighted by Gasteiger charge is -2.49. The lowest BCUT2D eigenvalue weighted by atomic mass is 9.80. The average Bonchev–Trinajstić information content (AvgIpc) is 2.26. The van der Waals surface area contributed by atoms with Gasteiger partial charge in [0.15, 0.2) is 5.79 Å². The Bertz CT molecular complexity index is 251. The number of fused-ring (bicyclic) bond motifs is 2. The summed E-state index contributed by atoms with van der Waals surface area (Å²) in [5.41, 5.74) is 8.10. The van der Waals surface area contributed by atoms with E-state index in [9.17, 15) is 5.11 Å². The number of rotatable bonds is 2. The summed E-state index contributed by atoms with van der Waals surface area (Å²) in [5.74, 6) is 4.45. The van der Waals surface area contributed by atoms with Gasteiger partial charge in [0.25, 0.3) is 0 Å². The Balaban J connectivity index is 2.19. The van der Waals surface area contributed by atoms with Crippen molar-refractivity contribution in [1.82, 2.24) is 5.43 Å². The molecular weight excluding hydrogens is 206 g/mol. The molecule has 2 rings (SSSR count). The van der Waals surface area contributed by atoms with E-state index in [4.69, 9.17) is 16.3 Å². The highest BCUT2D eigenvalue weighted by atomic mass is 16.6. The average molecular weight is 229 g/mol. The number of aliphatic hydroxyl groups is 1. The minimum atomic E-state index is -0.979. The Morgan fingerprint density at radius 2 is 1.69 bits per heavy atom. The van der Waals surface area contributed by atoms with Crippen LogP contribution in [0.1, 0.15) is 51.4 Å². The van der Waals surface area contributed by atoms with Gasteiger partial charge in [0.05, 0.1) is 6.17 Å². The molecule has 6 N–H and O–H groups in total. The van der Waals surface area contributed by atoms with Crippen LogP contribution in [0.25, 0.3) is 0 Å². The maximum atomic E-state index is 10.4. The van der Waals surface area contributed by atoms with E-state index in [1.54, 1.807) is 0 Å². The van der Waals surface area contributed by atoms with Gasteiger partial charge in [-0.1, -0.05) is 12.8 Å². The highest BCUT2D eigenvalue weighted by Crippen LogP contribution is 2.42. The smallest absolute Gasteiger partial charge is 0.166 e. The quantitative estimate of drug-likeness (QED) is 0.311. The Morgan fingerprint density at radius 1 is 1.06 bits per heavy atom. The van der Waals surface area contributed by atoms with Crippen LogP contribution in [-0.2, 0) is 4.74 Å². The molecule has 0 aliphatic carbocycles. The first kappa shape index (κ1) is 12.3. The molecule has 0 saturated carbocycles. The van der Waals surface area contributed by atoms with Crippen molar-refractivity contribution < 1.29 is 9.84 Å². The van der Waals surface area contributed by atoms with Crippen LogP contribution in [0.2, 0.25) is 0 Å². The van der Waals surface area contributed by atoms with Crippen LogP contribution in [-0.4, -0.2) is 22.7 Å². The van der Waals surface area contributed by atoms with Crippen molar-refractivity contribution in [3.8, 4) is 0 Å². The van der Waals surface area contributed by atoms with Gasteiger partial charge in [-0.15, -0.1) is 0 Å². The second kappa shape index (κ2) is 4.58. The zero-order chi connectivity index (χ0) is 11.6. The van der Waals surface area contributed by atoms with Crippen LogP contribution in [0, 0.1) is 0 Å². The van der Waals surface area contributed by atoms with E-state index in [-0.39, 0.29) is 0 Å². The monoisotopic (exact) mass is 229 g/mol. The molecule has 0 amide bonds. The fourth-order valence-electron chi connectivity index (χ4n) is 3.02. The van der Waals surface area contributed by atoms with Crippen LogP contribution < -0.4 is 17.0 Å². The molecule has 0 aromatic carbocycles. The molecule has 5 nitrogen and oxygen atoms in total. The van der Waals surface area contributed by atoms with Gasteiger partial charge >= 0.3 is 0 Å². The van der Waals surface area contributed by atoms with Crippen LogP contribution >= 0.6 is 0 Å². The molecule has 2 aliphatic heterocycles. The van der Waals surface area contributed by atoms with E-state index in [0.29, 0.717) is 12.8 Å². The molecule has 2 heterocycles. The van der Waals surface area contributed by atoms with Crippen molar-refractivity contribution in [3.05, 3.63) is 0 Å². The van der Waals surface area contributed by atoms with Gasteiger partial charge < -0.3 is 15.6 Å². The third kappa shape index (κ3) is 2.24. The minimum absolute atomic E-state index is 0.405. The van der Waals surface area contributed by atoms with Gasteiger partial charge in [0.2, 0.25) is 0 Å². The molecule has 2 saturated heterocycles. The first-order valence-corrected chi connectivity index (χ1v) is 6.25. The fraction of sp³-hybridized carbons (Fsp3) is 1.00. The van der Waals surface area contributed by atoms with E-state index >= 15 is 0 Å². The molecule has 2 fully saturated rings. The molecule has 3 unspecified atom stereocenters. The lowest BCUT2D eigenvalue weighted by Crippen LogP contribution is -2.64. The van der Waals surface area contributed by atoms with Crippen LogP contribution in [0.4, 0.5) is 0 Å². The number of hydrogen-bond donors (Lipinski definition) is 4. The zero-order valence-electron chi connectivity index (χ0n) is 9.74. The number of nitrogens with two attached hydrogens (primary N) is 2. The summed E-state index contributed by atoms with van der Waals surface area (Å²) >= 11 is 0. The number of ether oxygens (including phenoxy) is 1. The Hall–Kier alpha value is -0.200. The Morgan fingerprint density at radius 3 is 2.44 bits per heavy atom. The predicted molar refractivity (Wildman–Crippen MR) is 61.0 cm³/mol. The van der Waals surface area contributed by atoms with E-state index < -0.39 is 17.6 Å². The summed E-state index contributed by atoms with van der Waals surface area (Å²) in [6.45, 7) is 0. The van der Waals surface area contributed by atoms with Crippen LogP contribution in [0.5, 0.6) is 0 Å². The maximum Gasteiger partial charge on any atom is 0.166 e. The van der Waals surface area contributed by atoms with Gasteiger partial charge in [-0.2, -0.15) is 0 Å². The maximum absolute atomic E-state index is 10.4. The van der Waals surface area contributed by atoms with E-state index in [1.807, 2.05) is 0 Å². The molecule has 0 aromatic heterocycles. The summed E-state index contributed by atoms with van der Waals surface area (Å²) in [6.07, 6.45) is 6.97. The number of hydrogen-bond acceptors (Lipinski definition) is 5. The summed E-state index contributed by atoms with van der Waals surface area (Å²) < 4.78 is 5.94. The van der Waals surface area contributed by atoms with Crippen molar-refractivity contribution in [2.24, 2.45) is 11.6 Å². The summed E-state index contributed by atoms with van der Waals surface area (Å²) in [4.78, 5) is 0. The molecule has 0 spiro atoms. The van der Waals surface area contributed by atoms with Crippen molar-refractivity contribution in [2.75, 3.05) is 0 Å². The van der Waals surface area contributed by atoms with Gasteiger partial charge in [-0.25, -0.2) is 5.43 Å². The van der Waals surface area contributed by atoms with E-state index in [0.717, 1.165) is 38.5 Å². The summed E-state index contributed by atoms with van der Waals surface area (Å²) in [5, 5.41) is 10.4. The summed E-state index contributed by atoms with van der Waals surface area (Å²) in [6, 6.07) is 0. The normalized spacial score (nSPS) is 42.2. The lowest BCUT2D eigenvalue weighted by molar-refractivity contribution is -0.307. The second-order valence-electron chi connectivity index (χ2n) is 5.17. The molecule has 3 atom stereocenters. The number of nitrogens with one attached hydrogen (secondary N) is 1. The Labute approximate surface area is 96.5 Å². The molecule has 2 bridgehead atoms. The van der Waals surface area contributed by atoms with Crippen molar-refractivity contribution in [2.45, 2.75) is 68.9 Å². The van der Waals surface area contributed by atoms with E-state index in [1.165, 1.54) is 0 Å². The van der Waals surface area contributed by atoms with Gasteiger partial charge in [-0.05, 0) is 25.7 Å². The third-order valence-electron chi connectivity index (χ3n) is 3.97. The highest BCUT2D eigenvalue weighted by Gasteiger charge is 2.48. The molecule has 16 heavy (non-hydrogen) atoms. The Kier molecular flexibility index (Phi) is 3.51. The van der Waals surface area contributed by atoms with Crippen LogP contribution in [0.15, 0.2) is 0 Å². The molecule has 0 aromatic rings. The van der Waals surface area contributed by atoms with Crippen molar-refractivity contribution in [1.29, 1.82) is 0 Å². The van der Waals surface area contributed by atoms with Crippen molar-refractivity contribution >= 4 is 0 Å². The fourth-order valence-corrected chi connectivity index (χ4v) is 3.02. The molecule has 94 valence electrons. The number of hydrazine groups is 1. The van der Waals surface area contributed by atoms with Gasteiger partial charge in [-0.3, -0.25) is 5.84 Å². The van der Waals surface area contributed by atoms with E-state index in [2.05, 4.69) is 5.43 Å². The first-order valence-electron chi connectivity index (χ1n) is 6.25. The van der Waals surface area contributed by atoms with Gasteiger partial charge in [0, 0.05) is 12.8 Å². The van der Waals surface area contributed by atoms with Gasteiger partial charge in [0.1, 0.15) is 5.60 Å². The topological polar surface area (TPSA) is 93.5 Å². The highest BCUT2D eigenvalue weighted by molar-refractivity contribution is 4.96. The predicted octanol–water partition coefficient (Wildman–Crippen LogP) is 0.326. The largest absolute Gasteiger partial charge is 0.365 e. The molecule has 2 aliphatic rings. The molecule has 0 radical (unpaired) electrons.